The van der Waals surface area contributed by atoms with E-state index in [2.05, 4.69) is 0 Å². The molecule has 0 radical (unpaired) electrons. The van der Waals surface area contributed by atoms with Crippen molar-refractivity contribution in [3.8, 4) is 0 Å². The molecular formula is C13H20N2O3S. The van der Waals surface area contributed by atoms with E-state index in [-0.39, 0.29) is 5.92 Å². The fourth-order valence-corrected chi connectivity index (χ4v) is 3.97. The average molecular weight is 284 g/mol. The van der Waals surface area contributed by atoms with Crippen molar-refractivity contribution in [2.75, 3.05) is 26.8 Å². The van der Waals surface area contributed by atoms with Gasteiger partial charge in [-0.05, 0) is 30.0 Å². The molecule has 1 fully saturated rings. The SMILES string of the molecule is COCC1CCN(S(=O)(=O)c2cccc(CN)c2)C1. The van der Waals surface area contributed by atoms with E-state index in [1.807, 2.05) is 6.07 Å². The largest absolute Gasteiger partial charge is 0.384 e. The van der Waals surface area contributed by atoms with Gasteiger partial charge in [-0.3, -0.25) is 0 Å². The van der Waals surface area contributed by atoms with Crippen molar-refractivity contribution >= 4 is 10.0 Å². The van der Waals surface area contributed by atoms with Crippen molar-refractivity contribution in [1.29, 1.82) is 0 Å². The minimum absolute atomic E-state index is 0.289. The van der Waals surface area contributed by atoms with E-state index in [1.165, 1.54) is 4.31 Å². The van der Waals surface area contributed by atoms with Gasteiger partial charge in [-0.2, -0.15) is 4.31 Å². The molecule has 1 aromatic carbocycles. The molecule has 0 aliphatic carbocycles. The van der Waals surface area contributed by atoms with Crippen LogP contribution in [0, 0.1) is 5.92 Å². The van der Waals surface area contributed by atoms with Crippen LogP contribution < -0.4 is 5.73 Å². The molecule has 2 N–H and O–H groups in total. The zero-order valence-corrected chi connectivity index (χ0v) is 11.9. The van der Waals surface area contributed by atoms with Gasteiger partial charge in [0.25, 0.3) is 0 Å². The quantitative estimate of drug-likeness (QED) is 0.868. The lowest BCUT2D eigenvalue weighted by Gasteiger charge is -2.17. The number of hydrogen-bond donors (Lipinski definition) is 1. The van der Waals surface area contributed by atoms with Crippen LogP contribution >= 0.6 is 0 Å². The van der Waals surface area contributed by atoms with Crippen molar-refractivity contribution in [3.05, 3.63) is 29.8 Å². The normalized spacial score (nSPS) is 20.8. The molecule has 2 rings (SSSR count). The summed E-state index contributed by atoms with van der Waals surface area (Å²) in [5.41, 5.74) is 6.38. The van der Waals surface area contributed by atoms with Crippen molar-refractivity contribution in [1.82, 2.24) is 4.31 Å². The van der Waals surface area contributed by atoms with Crippen LogP contribution in [-0.4, -0.2) is 39.5 Å². The molecule has 0 amide bonds. The Morgan fingerprint density at radius 1 is 1.47 bits per heavy atom. The van der Waals surface area contributed by atoms with Gasteiger partial charge in [0.2, 0.25) is 10.0 Å². The molecule has 0 bridgehead atoms. The number of nitrogens with two attached hydrogens (primary N) is 1. The Hall–Kier alpha value is -0.950. The third-order valence-electron chi connectivity index (χ3n) is 3.42. The third kappa shape index (κ3) is 3.14. The van der Waals surface area contributed by atoms with Gasteiger partial charge in [-0.25, -0.2) is 8.42 Å². The summed E-state index contributed by atoms with van der Waals surface area (Å²) in [4.78, 5) is 0.327. The summed E-state index contributed by atoms with van der Waals surface area (Å²) in [5, 5.41) is 0. The van der Waals surface area contributed by atoms with Crippen LogP contribution in [0.25, 0.3) is 0 Å². The number of methoxy groups -OCH3 is 1. The fraction of sp³-hybridized carbons (Fsp3) is 0.538. The zero-order valence-electron chi connectivity index (χ0n) is 11.1. The molecule has 6 heteroatoms. The monoisotopic (exact) mass is 284 g/mol. The summed E-state index contributed by atoms with van der Waals surface area (Å²) < 4.78 is 31.6. The molecule has 0 aromatic heterocycles. The van der Waals surface area contributed by atoms with E-state index in [4.69, 9.17) is 10.5 Å². The highest BCUT2D eigenvalue weighted by atomic mass is 32.2. The maximum absolute atomic E-state index is 12.5. The molecular weight excluding hydrogens is 264 g/mol. The van der Waals surface area contributed by atoms with Crippen LogP contribution in [0.4, 0.5) is 0 Å². The first kappa shape index (κ1) is 14.5. The second kappa shape index (κ2) is 6.00. The summed E-state index contributed by atoms with van der Waals surface area (Å²) in [5.74, 6) is 0.289. The molecule has 1 aromatic rings. The highest BCUT2D eigenvalue weighted by molar-refractivity contribution is 7.89. The van der Waals surface area contributed by atoms with E-state index in [0.29, 0.717) is 31.1 Å². The van der Waals surface area contributed by atoms with Gasteiger partial charge < -0.3 is 10.5 Å². The summed E-state index contributed by atoms with van der Waals surface area (Å²) >= 11 is 0. The molecule has 0 spiro atoms. The van der Waals surface area contributed by atoms with Crippen LogP contribution in [0.1, 0.15) is 12.0 Å². The van der Waals surface area contributed by atoms with Crippen molar-refractivity contribution in [2.45, 2.75) is 17.9 Å². The Balaban J connectivity index is 2.18. The topological polar surface area (TPSA) is 72.6 Å². The van der Waals surface area contributed by atoms with Gasteiger partial charge >= 0.3 is 0 Å². The average Bonchev–Trinajstić information content (AvgIpc) is 2.88. The Morgan fingerprint density at radius 2 is 2.26 bits per heavy atom. The van der Waals surface area contributed by atoms with Crippen LogP contribution in [0.3, 0.4) is 0 Å². The molecule has 1 aliphatic heterocycles. The highest BCUT2D eigenvalue weighted by Crippen LogP contribution is 2.24. The second-order valence-electron chi connectivity index (χ2n) is 4.82. The van der Waals surface area contributed by atoms with E-state index < -0.39 is 10.0 Å². The van der Waals surface area contributed by atoms with Crippen molar-refractivity contribution in [3.63, 3.8) is 0 Å². The summed E-state index contributed by atoms with van der Waals surface area (Å²) in [6.07, 6.45) is 0.851. The number of ether oxygens (including phenoxy) is 1. The summed E-state index contributed by atoms with van der Waals surface area (Å²) in [6, 6.07) is 6.84. The lowest BCUT2D eigenvalue weighted by atomic mass is 10.1. The molecule has 1 saturated heterocycles. The van der Waals surface area contributed by atoms with E-state index >= 15 is 0 Å². The molecule has 1 atom stereocenters. The maximum Gasteiger partial charge on any atom is 0.243 e. The van der Waals surface area contributed by atoms with Crippen molar-refractivity contribution < 1.29 is 13.2 Å². The van der Waals surface area contributed by atoms with Crippen molar-refractivity contribution in [2.24, 2.45) is 11.7 Å². The predicted octanol–water partition coefficient (Wildman–Crippen LogP) is 0.802. The zero-order chi connectivity index (χ0) is 13.9. The van der Waals surface area contributed by atoms with E-state index in [1.54, 1.807) is 25.3 Å². The Bertz CT molecular complexity index is 530. The van der Waals surface area contributed by atoms with Gasteiger partial charge in [0.15, 0.2) is 0 Å². The maximum atomic E-state index is 12.5. The van der Waals surface area contributed by atoms with E-state index in [9.17, 15) is 8.42 Å². The van der Waals surface area contributed by atoms with Gasteiger partial charge in [-0.15, -0.1) is 0 Å². The van der Waals surface area contributed by atoms with Gasteiger partial charge in [-0.1, -0.05) is 12.1 Å². The Labute approximate surface area is 114 Å². The van der Waals surface area contributed by atoms with Crippen LogP contribution in [0.5, 0.6) is 0 Å². The number of benzene rings is 1. The smallest absolute Gasteiger partial charge is 0.243 e. The predicted molar refractivity (Wildman–Crippen MR) is 73.1 cm³/mol. The van der Waals surface area contributed by atoms with E-state index in [0.717, 1.165) is 12.0 Å². The number of sulfonamides is 1. The van der Waals surface area contributed by atoms with Crippen LogP contribution in [0.2, 0.25) is 0 Å². The third-order valence-corrected chi connectivity index (χ3v) is 5.28. The molecule has 1 unspecified atom stereocenters. The highest BCUT2D eigenvalue weighted by Gasteiger charge is 2.32. The number of nitrogens with zero attached hydrogens (tertiary/aromatic N) is 1. The summed E-state index contributed by atoms with van der Waals surface area (Å²) in [7, 11) is -1.76. The molecule has 0 saturated carbocycles. The standard InChI is InChI=1S/C13H20N2O3S/c1-18-10-12-5-6-15(9-12)19(16,17)13-4-2-3-11(7-13)8-14/h2-4,7,12H,5-6,8-10,14H2,1H3. The molecule has 106 valence electrons. The van der Waals surface area contributed by atoms with Gasteiger partial charge in [0.1, 0.15) is 0 Å². The first-order valence-corrected chi connectivity index (χ1v) is 7.80. The second-order valence-corrected chi connectivity index (χ2v) is 6.76. The van der Waals surface area contributed by atoms with Crippen LogP contribution in [-0.2, 0) is 21.3 Å². The van der Waals surface area contributed by atoms with Crippen LogP contribution in [0.15, 0.2) is 29.2 Å². The molecule has 5 nitrogen and oxygen atoms in total. The minimum Gasteiger partial charge on any atom is -0.384 e. The first-order valence-electron chi connectivity index (χ1n) is 6.36. The Kier molecular flexibility index (Phi) is 4.57. The molecule has 1 aliphatic rings. The number of hydrogen-bond acceptors (Lipinski definition) is 4. The summed E-state index contributed by atoms with van der Waals surface area (Å²) in [6.45, 7) is 2.04. The fourth-order valence-electron chi connectivity index (χ4n) is 2.37. The first-order chi connectivity index (χ1) is 9.07. The lowest BCUT2D eigenvalue weighted by molar-refractivity contribution is 0.157. The number of rotatable bonds is 5. The van der Waals surface area contributed by atoms with Gasteiger partial charge in [0, 0.05) is 26.7 Å². The molecule has 1 heterocycles. The lowest BCUT2D eigenvalue weighted by Crippen LogP contribution is -2.29. The molecule has 19 heavy (non-hydrogen) atoms. The Morgan fingerprint density at radius 3 is 2.95 bits per heavy atom. The minimum atomic E-state index is -3.40. The van der Waals surface area contributed by atoms with Gasteiger partial charge in [0.05, 0.1) is 11.5 Å².